The predicted octanol–water partition coefficient (Wildman–Crippen LogP) is 3.46. The molecule has 5 rings (SSSR count). The summed E-state index contributed by atoms with van der Waals surface area (Å²) in [5.74, 6) is -0.344. The molecule has 1 amide bonds. The number of aromatic amines is 1. The number of nitrogens with one attached hydrogen (secondary N) is 2. The molecule has 7 nitrogen and oxygen atoms in total. The van der Waals surface area contributed by atoms with Crippen LogP contribution in [0, 0.1) is 5.82 Å². The molecular weight excluding hydrogens is 433 g/mol. The fourth-order valence-corrected chi connectivity index (χ4v) is 4.56. The number of carbonyl (C=O) groups excluding carboxylic acids is 1. The summed E-state index contributed by atoms with van der Waals surface area (Å²) in [6.45, 7) is 2.09. The van der Waals surface area contributed by atoms with Gasteiger partial charge in [0.1, 0.15) is 11.5 Å². The van der Waals surface area contributed by atoms with E-state index in [9.17, 15) is 14.0 Å². The van der Waals surface area contributed by atoms with E-state index >= 15 is 0 Å². The lowest BCUT2D eigenvalue weighted by Gasteiger charge is -2.33. The fraction of sp³-hybridized carbons (Fsp3) is 0.269. The van der Waals surface area contributed by atoms with Gasteiger partial charge in [-0.1, -0.05) is 18.2 Å². The van der Waals surface area contributed by atoms with E-state index in [4.69, 9.17) is 0 Å². The molecule has 0 spiro atoms. The van der Waals surface area contributed by atoms with Gasteiger partial charge in [0, 0.05) is 60.5 Å². The molecule has 174 valence electrons. The number of H-pyrrole nitrogens is 1. The molecule has 1 saturated heterocycles. The van der Waals surface area contributed by atoms with E-state index in [2.05, 4.69) is 20.4 Å². The van der Waals surface area contributed by atoms with E-state index < -0.39 is 0 Å². The molecule has 2 N–H and O–H groups in total. The van der Waals surface area contributed by atoms with Crippen LogP contribution in [0.2, 0.25) is 0 Å². The van der Waals surface area contributed by atoms with Gasteiger partial charge in [0.25, 0.3) is 5.91 Å². The predicted molar refractivity (Wildman–Crippen MR) is 129 cm³/mol. The minimum absolute atomic E-state index is 0.00353. The minimum Gasteiger partial charge on any atom is -0.348 e. The topological polar surface area (TPSA) is 83.0 Å². The summed E-state index contributed by atoms with van der Waals surface area (Å²) in [7, 11) is 1.69. The monoisotopic (exact) mass is 459 g/mol. The Bertz CT molecular complexity index is 1410. The molecule has 8 heteroatoms. The molecule has 0 aliphatic carbocycles. The lowest BCUT2D eigenvalue weighted by atomic mass is 10.0. The molecule has 3 heterocycles. The number of benzene rings is 2. The van der Waals surface area contributed by atoms with Crippen LogP contribution in [-0.4, -0.2) is 44.7 Å². The number of fused-ring (bicyclic) bond motifs is 1. The van der Waals surface area contributed by atoms with Crippen LogP contribution < -0.4 is 10.9 Å². The average Bonchev–Trinajstić information content (AvgIpc) is 3.26. The highest BCUT2D eigenvalue weighted by molar-refractivity contribution is 6.01. The van der Waals surface area contributed by atoms with E-state index in [0.717, 1.165) is 35.9 Å². The molecule has 0 bridgehead atoms. The first-order valence-electron chi connectivity index (χ1n) is 11.4. The summed E-state index contributed by atoms with van der Waals surface area (Å²) in [6.07, 6.45) is 3.56. The fourth-order valence-electron chi connectivity index (χ4n) is 4.56. The molecule has 1 unspecified atom stereocenters. The zero-order valence-corrected chi connectivity index (χ0v) is 18.9. The highest BCUT2D eigenvalue weighted by Crippen LogP contribution is 2.26. The Morgan fingerprint density at radius 2 is 2.06 bits per heavy atom. The Morgan fingerprint density at radius 3 is 2.88 bits per heavy atom. The first kappa shape index (κ1) is 22.0. The van der Waals surface area contributed by atoms with Crippen molar-refractivity contribution in [2.45, 2.75) is 25.4 Å². The van der Waals surface area contributed by atoms with Gasteiger partial charge in [0.2, 0.25) is 5.56 Å². The van der Waals surface area contributed by atoms with Gasteiger partial charge < -0.3 is 9.88 Å². The van der Waals surface area contributed by atoms with Gasteiger partial charge in [-0.2, -0.15) is 5.10 Å². The van der Waals surface area contributed by atoms with Crippen molar-refractivity contribution in [1.29, 1.82) is 0 Å². The summed E-state index contributed by atoms with van der Waals surface area (Å²) in [4.78, 5) is 27.0. The molecule has 1 atom stereocenters. The third-order valence-corrected chi connectivity index (χ3v) is 6.38. The van der Waals surface area contributed by atoms with Crippen LogP contribution in [0.5, 0.6) is 0 Å². The quantitative estimate of drug-likeness (QED) is 0.479. The first-order chi connectivity index (χ1) is 16.5. The van der Waals surface area contributed by atoms with E-state index in [1.165, 1.54) is 16.7 Å². The number of aryl methyl sites for hydroxylation is 1. The van der Waals surface area contributed by atoms with Gasteiger partial charge in [0.05, 0.1) is 5.52 Å². The maximum absolute atomic E-state index is 14.1. The van der Waals surface area contributed by atoms with Gasteiger partial charge >= 0.3 is 0 Å². The zero-order chi connectivity index (χ0) is 23.7. The number of amides is 1. The molecule has 2 aromatic carbocycles. The van der Waals surface area contributed by atoms with Crippen molar-refractivity contribution >= 4 is 16.8 Å². The third kappa shape index (κ3) is 4.49. The van der Waals surface area contributed by atoms with Crippen LogP contribution >= 0.6 is 0 Å². The minimum atomic E-state index is -0.198. The highest BCUT2D eigenvalue weighted by Gasteiger charge is 2.23. The van der Waals surface area contributed by atoms with Gasteiger partial charge in [-0.3, -0.25) is 19.6 Å². The Morgan fingerprint density at radius 1 is 1.21 bits per heavy atom. The lowest BCUT2D eigenvalue weighted by Crippen LogP contribution is -2.47. The van der Waals surface area contributed by atoms with Crippen molar-refractivity contribution in [1.82, 2.24) is 25.0 Å². The third-order valence-electron chi connectivity index (χ3n) is 6.38. The number of pyridine rings is 1. The number of carbonyl (C=O) groups is 1. The number of aromatic nitrogens is 3. The second kappa shape index (κ2) is 9.23. The lowest BCUT2D eigenvalue weighted by molar-refractivity contribution is 0.0900. The Balaban J connectivity index is 1.32. The van der Waals surface area contributed by atoms with Crippen molar-refractivity contribution in [2.24, 2.45) is 7.05 Å². The number of rotatable bonds is 5. The molecule has 1 aliphatic rings. The second-order valence-electron chi connectivity index (χ2n) is 8.84. The van der Waals surface area contributed by atoms with E-state index in [-0.39, 0.29) is 23.3 Å². The summed E-state index contributed by atoms with van der Waals surface area (Å²) >= 11 is 0. The smallest absolute Gasteiger partial charge is 0.251 e. The van der Waals surface area contributed by atoms with E-state index in [1.807, 2.05) is 18.2 Å². The molecule has 34 heavy (non-hydrogen) atoms. The molecule has 0 radical (unpaired) electrons. The molecule has 1 fully saturated rings. The van der Waals surface area contributed by atoms with Crippen molar-refractivity contribution in [3.05, 3.63) is 88.1 Å². The molecular formula is C26H26FN5O2. The maximum atomic E-state index is 14.1. The van der Waals surface area contributed by atoms with Gasteiger partial charge in [-0.25, -0.2) is 4.39 Å². The van der Waals surface area contributed by atoms with Gasteiger partial charge in [-0.15, -0.1) is 0 Å². The number of likely N-dealkylation sites (tertiary alicyclic amines) is 1. The summed E-state index contributed by atoms with van der Waals surface area (Å²) in [5, 5.41) is 11.4. The first-order valence-corrected chi connectivity index (χ1v) is 11.4. The molecule has 4 aromatic rings. The average molecular weight is 460 g/mol. The number of piperidine rings is 1. The van der Waals surface area contributed by atoms with Crippen molar-refractivity contribution in [3.63, 3.8) is 0 Å². The van der Waals surface area contributed by atoms with Crippen LogP contribution in [0.25, 0.3) is 22.2 Å². The Labute approximate surface area is 196 Å². The second-order valence-corrected chi connectivity index (χ2v) is 8.84. The molecule has 0 saturated carbocycles. The number of hydrogen-bond acceptors (Lipinski definition) is 4. The number of hydrogen-bond donors (Lipinski definition) is 2. The summed E-state index contributed by atoms with van der Waals surface area (Å²) < 4.78 is 15.6. The van der Waals surface area contributed by atoms with E-state index in [1.54, 1.807) is 37.5 Å². The molecule has 1 aliphatic heterocycles. The zero-order valence-electron chi connectivity index (χ0n) is 18.9. The van der Waals surface area contributed by atoms with Crippen LogP contribution in [0.4, 0.5) is 4.39 Å². The van der Waals surface area contributed by atoms with Crippen LogP contribution in [-0.2, 0) is 13.6 Å². The van der Waals surface area contributed by atoms with Gasteiger partial charge in [-0.05, 0) is 49.7 Å². The summed E-state index contributed by atoms with van der Waals surface area (Å²) in [6, 6.07) is 15.5. The van der Waals surface area contributed by atoms with Crippen LogP contribution in [0.15, 0.2) is 65.6 Å². The van der Waals surface area contributed by atoms with Crippen molar-refractivity contribution in [3.8, 4) is 11.3 Å². The van der Waals surface area contributed by atoms with Crippen molar-refractivity contribution in [2.75, 3.05) is 13.1 Å². The standard InChI is InChI=1S/C26H26FN5O2/c1-31-14-19(9-11-24(31)33)25-21-13-17(8-10-23(21)29-30-25)26(34)28-20-6-4-12-32(16-20)15-18-5-2-3-7-22(18)27/h2-3,5,7-11,13-14,20H,4,6,12,15-16H2,1H3,(H,28,34)(H,29,30). The SMILES string of the molecule is Cn1cc(-c2n[nH]c3ccc(C(=O)NC4CCCN(Cc5ccccc5F)C4)cc23)ccc1=O. The largest absolute Gasteiger partial charge is 0.348 e. The Hall–Kier alpha value is -3.78. The molecule has 2 aromatic heterocycles. The van der Waals surface area contributed by atoms with Crippen LogP contribution in [0.1, 0.15) is 28.8 Å². The highest BCUT2D eigenvalue weighted by atomic mass is 19.1. The van der Waals surface area contributed by atoms with Crippen molar-refractivity contribution < 1.29 is 9.18 Å². The number of halogens is 1. The van der Waals surface area contributed by atoms with E-state index in [0.29, 0.717) is 29.9 Å². The normalized spacial score (nSPS) is 16.6. The van der Waals surface area contributed by atoms with Gasteiger partial charge in [0.15, 0.2) is 0 Å². The maximum Gasteiger partial charge on any atom is 0.251 e. The summed E-state index contributed by atoms with van der Waals surface area (Å²) in [5.41, 5.74) is 3.42. The number of nitrogens with zero attached hydrogens (tertiary/aromatic N) is 3. The van der Waals surface area contributed by atoms with Crippen LogP contribution in [0.3, 0.4) is 0 Å². The Kier molecular flexibility index (Phi) is 5.98.